The number of aromatic nitrogens is 2. The van der Waals surface area contributed by atoms with E-state index in [1.54, 1.807) is 0 Å². The van der Waals surface area contributed by atoms with Gasteiger partial charge in [-0.1, -0.05) is 0 Å². The highest BCUT2D eigenvalue weighted by atomic mass is 16.1. The van der Waals surface area contributed by atoms with Crippen LogP contribution in [0.1, 0.15) is 24.2 Å². The van der Waals surface area contributed by atoms with Crippen molar-refractivity contribution in [2.45, 2.75) is 26.7 Å². The Kier molecular flexibility index (Phi) is 6.18. The van der Waals surface area contributed by atoms with Gasteiger partial charge in [0, 0.05) is 67.9 Å². The second kappa shape index (κ2) is 9.00. The van der Waals surface area contributed by atoms with Crippen molar-refractivity contribution in [1.29, 1.82) is 0 Å². The first-order chi connectivity index (χ1) is 14.5. The maximum absolute atomic E-state index is 12.8. The van der Waals surface area contributed by atoms with Crippen LogP contribution in [0.4, 0.5) is 17.3 Å². The van der Waals surface area contributed by atoms with Gasteiger partial charge in [-0.25, -0.2) is 9.97 Å². The van der Waals surface area contributed by atoms with Gasteiger partial charge in [0.15, 0.2) is 0 Å². The first-order valence-corrected chi connectivity index (χ1v) is 10.9. The molecule has 0 atom stereocenters. The van der Waals surface area contributed by atoms with Crippen molar-refractivity contribution < 1.29 is 4.79 Å². The number of rotatable bonds is 4. The Morgan fingerprint density at radius 1 is 0.900 bits per heavy atom. The molecule has 1 aromatic heterocycles. The molecule has 1 aromatic carbocycles. The van der Waals surface area contributed by atoms with Gasteiger partial charge in [0.05, 0.1) is 0 Å². The number of carbonyl (C=O) groups is 1. The largest absolute Gasteiger partial charge is 0.369 e. The molecule has 30 heavy (non-hydrogen) atoms. The van der Waals surface area contributed by atoms with E-state index in [1.807, 2.05) is 32.0 Å². The van der Waals surface area contributed by atoms with Gasteiger partial charge in [-0.2, -0.15) is 0 Å². The van der Waals surface area contributed by atoms with E-state index in [4.69, 9.17) is 0 Å². The predicted molar refractivity (Wildman–Crippen MR) is 121 cm³/mol. The Bertz CT molecular complexity index is 848. The lowest BCUT2D eigenvalue weighted by atomic mass is 9.96. The van der Waals surface area contributed by atoms with Crippen LogP contribution < -0.4 is 15.1 Å². The number of nitrogens with one attached hydrogen (secondary N) is 1. The smallest absolute Gasteiger partial charge is 0.227 e. The molecule has 0 spiro atoms. The lowest BCUT2D eigenvalue weighted by molar-refractivity contribution is -0.120. The van der Waals surface area contributed by atoms with E-state index < -0.39 is 0 Å². The highest BCUT2D eigenvalue weighted by Gasteiger charge is 2.26. The topological polar surface area (TPSA) is 64.6 Å². The maximum atomic E-state index is 12.8. The number of piperidine rings is 1. The van der Waals surface area contributed by atoms with Crippen molar-refractivity contribution in [3.63, 3.8) is 0 Å². The van der Waals surface area contributed by atoms with Crippen LogP contribution in [0, 0.1) is 19.8 Å². The zero-order valence-electron chi connectivity index (χ0n) is 18.3. The van der Waals surface area contributed by atoms with Gasteiger partial charge in [0.2, 0.25) is 11.9 Å². The number of nitrogens with zero attached hydrogens (tertiary/aromatic N) is 5. The van der Waals surface area contributed by atoms with E-state index in [9.17, 15) is 4.79 Å². The number of aryl methyl sites for hydroxylation is 2. The van der Waals surface area contributed by atoms with Gasteiger partial charge in [0.25, 0.3) is 0 Å². The van der Waals surface area contributed by atoms with E-state index in [-0.39, 0.29) is 11.8 Å². The van der Waals surface area contributed by atoms with Gasteiger partial charge in [0.1, 0.15) is 0 Å². The monoisotopic (exact) mass is 408 g/mol. The minimum Gasteiger partial charge on any atom is -0.369 e. The number of anilines is 3. The van der Waals surface area contributed by atoms with Crippen LogP contribution >= 0.6 is 0 Å². The van der Waals surface area contributed by atoms with Gasteiger partial charge in [-0.15, -0.1) is 0 Å². The molecule has 1 N–H and O–H groups in total. The van der Waals surface area contributed by atoms with Gasteiger partial charge in [-0.05, 0) is 64.1 Å². The fraction of sp³-hybridized carbons (Fsp3) is 0.522. The number of hydrogen-bond acceptors (Lipinski definition) is 6. The molecular formula is C23H32N6O. The Labute approximate surface area is 179 Å². The number of hydrogen-bond donors (Lipinski definition) is 1. The van der Waals surface area contributed by atoms with Crippen LogP contribution in [0.5, 0.6) is 0 Å². The molecule has 2 aliphatic rings. The first kappa shape index (κ1) is 20.6. The summed E-state index contributed by atoms with van der Waals surface area (Å²) in [5, 5.41) is 3.11. The third kappa shape index (κ3) is 4.90. The van der Waals surface area contributed by atoms with E-state index in [1.165, 1.54) is 5.69 Å². The summed E-state index contributed by atoms with van der Waals surface area (Å²) < 4.78 is 0. The van der Waals surface area contributed by atoms with Crippen LogP contribution in [0.3, 0.4) is 0 Å². The Hall–Kier alpha value is -2.67. The summed E-state index contributed by atoms with van der Waals surface area (Å²) in [5.74, 6) is 0.929. The van der Waals surface area contributed by atoms with Gasteiger partial charge in [-0.3, -0.25) is 4.79 Å². The number of benzene rings is 1. The van der Waals surface area contributed by atoms with Crippen LogP contribution in [-0.4, -0.2) is 67.1 Å². The summed E-state index contributed by atoms with van der Waals surface area (Å²) in [7, 11) is 2.16. The summed E-state index contributed by atoms with van der Waals surface area (Å²) in [6, 6.07) is 10.2. The SMILES string of the molecule is Cc1cc(C)nc(N2CCC(C(=O)Nc3ccc(N4CCN(C)CC4)cc3)CC2)n1. The Balaban J connectivity index is 1.29. The molecule has 2 aromatic rings. The van der Waals surface area contributed by atoms with E-state index in [0.717, 1.165) is 75.1 Å². The minimum absolute atomic E-state index is 0.0319. The summed E-state index contributed by atoms with van der Waals surface area (Å²) in [4.78, 5) is 28.8. The average Bonchev–Trinajstić information content (AvgIpc) is 2.74. The quantitative estimate of drug-likeness (QED) is 0.839. The average molecular weight is 409 g/mol. The molecule has 0 aliphatic carbocycles. The first-order valence-electron chi connectivity index (χ1n) is 10.9. The van der Waals surface area contributed by atoms with Crippen molar-refractivity contribution >= 4 is 23.2 Å². The molecule has 0 radical (unpaired) electrons. The molecule has 7 heteroatoms. The molecule has 1 amide bonds. The Morgan fingerprint density at radius 2 is 1.50 bits per heavy atom. The van der Waals surface area contributed by atoms with Gasteiger partial charge < -0.3 is 20.0 Å². The summed E-state index contributed by atoms with van der Waals surface area (Å²) in [5.41, 5.74) is 4.07. The normalized spacial score (nSPS) is 18.5. The summed E-state index contributed by atoms with van der Waals surface area (Å²) in [6.07, 6.45) is 1.64. The molecule has 7 nitrogen and oxygen atoms in total. The van der Waals surface area contributed by atoms with E-state index in [0.29, 0.717) is 0 Å². The second-order valence-electron chi connectivity index (χ2n) is 8.54. The molecule has 160 valence electrons. The zero-order chi connectivity index (χ0) is 21.1. The minimum atomic E-state index is 0.0319. The third-order valence-electron chi connectivity index (χ3n) is 6.12. The molecule has 3 heterocycles. The summed E-state index contributed by atoms with van der Waals surface area (Å²) >= 11 is 0. The number of carbonyl (C=O) groups excluding carboxylic acids is 1. The number of likely N-dealkylation sites (N-methyl/N-ethyl adjacent to an activating group) is 1. The molecule has 0 saturated carbocycles. The van der Waals surface area contributed by atoms with E-state index in [2.05, 4.69) is 49.2 Å². The highest BCUT2D eigenvalue weighted by molar-refractivity contribution is 5.92. The van der Waals surface area contributed by atoms with Crippen molar-refractivity contribution in [3.05, 3.63) is 41.7 Å². The molecule has 2 fully saturated rings. The molecular weight excluding hydrogens is 376 g/mol. The molecule has 2 aliphatic heterocycles. The van der Waals surface area contributed by atoms with Crippen molar-refractivity contribution in [2.24, 2.45) is 5.92 Å². The predicted octanol–water partition coefficient (Wildman–Crippen LogP) is 2.70. The lowest BCUT2D eigenvalue weighted by Crippen LogP contribution is -2.44. The van der Waals surface area contributed by atoms with Crippen molar-refractivity contribution in [1.82, 2.24) is 14.9 Å². The molecule has 0 bridgehead atoms. The maximum Gasteiger partial charge on any atom is 0.227 e. The van der Waals surface area contributed by atoms with Crippen LogP contribution in [0.25, 0.3) is 0 Å². The second-order valence-corrected chi connectivity index (χ2v) is 8.54. The molecule has 0 unspecified atom stereocenters. The van der Waals surface area contributed by atoms with Crippen LogP contribution in [-0.2, 0) is 4.79 Å². The fourth-order valence-electron chi connectivity index (χ4n) is 4.25. The van der Waals surface area contributed by atoms with Crippen LogP contribution in [0.15, 0.2) is 30.3 Å². The third-order valence-corrected chi connectivity index (χ3v) is 6.12. The lowest BCUT2D eigenvalue weighted by Gasteiger charge is -2.34. The summed E-state index contributed by atoms with van der Waals surface area (Å²) in [6.45, 7) is 9.87. The zero-order valence-corrected chi connectivity index (χ0v) is 18.3. The fourth-order valence-corrected chi connectivity index (χ4v) is 4.25. The number of amides is 1. The van der Waals surface area contributed by atoms with Crippen LogP contribution in [0.2, 0.25) is 0 Å². The molecule has 2 saturated heterocycles. The Morgan fingerprint density at radius 3 is 2.10 bits per heavy atom. The van der Waals surface area contributed by atoms with Crippen molar-refractivity contribution in [3.8, 4) is 0 Å². The van der Waals surface area contributed by atoms with E-state index >= 15 is 0 Å². The van der Waals surface area contributed by atoms with Gasteiger partial charge >= 0.3 is 0 Å². The standard InChI is InChI=1S/C23H32N6O/c1-17-16-18(2)25-23(24-17)29-10-8-19(9-11-29)22(30)26-20-4-6-21(7-5-20)28-14-12-27(3)13-15-28/h4-7,16,19H,8-15H2,1-3H3,(H,26,30). The van der Waals surface area contributed by atoms with Crippen molar-refractivity contribution in [2.75, 3.05) is 61.4 Å². The highest BCUT2D eigenvalue weighted by Crippen LogP contribution is 2.24. The molecule has 4 rings (SSSR count). The number of piperazine rings is 1.